The number of benzene rings is 1. The van der Waals surface area contributed by atoms with Gasteiger partial charge in [0.25, 0.3) is 0 Å². The van der Waals surface area contributed by atoms with Gasteiger partial charge < -0.3 is 5.32 Å². The lowest BCUT2D eigenvalue weighted by Crippen LogP contribution is -2.03. The van der Waals surface area contributed by atoms with E-state index < -0.39 is 0 Å². The molecule has 6 heteroatoms. The highest BCUT2D eigenvalue weighted by Gasteiger charge is 2.39. The molecule has 0 bridgehead atoms. The van der Waals surface area contributed by atoms with Crippen LogP contribution in [0.4, 0.5) is 9.52 Å². The van der Waals surface area contributed by atoms with E-state index in [2.05, 4.69) is 20.5 Å². The molecule has 3 aromatic rings. The fourth-order valence-corrected chi connectivity index (χ4v) is 3.25. The maximum atomic E-state index is 12.9. The number of nitrogens with one attached hydrogen (secondary N) is 1. The van der Waals surface area contributed by atoms with Crippen LogP contribution in [-0.4, -0.2) is 21.2 Å². The van der Waals surface area contributed by atoms with E-state index in [4.69, 9.17) is 0 Å². The minimum Gasteiger partial charge on any atom is -0.357 e. The van der Waals surface area contributed by atoms with Crippen LogP contribution in [-0.2, 0) is 0 Å². The van der Waals surface area contributed by atoms with Crippen molar-refractivity contribution in [2.45, 2.75) is 18.4 Å². The van der Waals surface area contributed by atoms with Crippen molar-refractivity contribution in [1.29, 1.82) is 0 Å². The average molecular weight is 312 g/mol. The molecule has 1 N–H and O–H groups in total. The van der Waals surface area contributed by atoms with Crippen molar-refractivity contribution in [2.24, 2.45) is 0 Å². The Morgan fingerprint density at radius 2 is 1.95 bits per heavy atom. The molecule has 1 saturated carbocycles. The predicted octanol–water partition coefficient (Wildman–Crippen LogP) is 3.71. The van der Waals surface area contributed by atoms with Crippen molar-refractivity contribution in [1.82, 2.24) is 15.2 Å². The Labute approximate surface area is 131 Å². The fourth-order valence-electron chi connectivity index (χ4n) is 2.47. The summed E-state index contributed by atoms with van der Waals surface area (Å²) >= 11 is 1.50. The molecule has 0 spiro atoms. The van der Waals surface area contributed by atoms with E-state index in [0.29, 0.717) is 12.0 Å². The molecule has 0 radical (unpaired) electrons. The van der Waals surface area contributed by atoms with Crippen molar-refractivity contribution in [3.8, 4) is 10.7 Å². The molecule has 1 aliphatic carbocycles. The zero-order valence-electron chi connectivity index (χ0n) is 11.6. The van der Waals surface area contributed by atoms with Gasteiger partial charge in [-0.3, -0.25) is 4.98 Å². The predicted molar refractivity (Wildman–Crippen MR) is 84.3 cm³/mol. The number of aromatic nitrogens is 3. The highest BCUT2D eigenvalue weighted by atomic mass is 32.1. The van der Waals surface area contributed by atoms with Crippen LogP contribution in [0.2, 0.25) is 0 Å². The van der Waals surface area contributed by atoms with E-state index in [9.17, 15) is 4.39 Å². The van der Waals surface area contributed by atoms with Gasteiger partial charge in [-0.15, -0.1) is 10.2 Å². The Hall–Kier alpha value is -2.34. The minimum absolute atomic E-state index is 0.196. The summed E-state index contributed by atoms with van der Waals surface area (Å²) in [6.07, 6.45) is 2.78. The Kier molecular flexibility index (Phi) is 3.31. The summed E-state index contributed by atoms with van der Waals surface area (Å²) in [6.45, 7) is 0. The number of pyridine rings is 1. The molecule has 4 nitrogen and oxygen atoms in total. The number of anilines is 1. The van der Waals surface area contributed by atoms with E-state index in [0.717, 1.165) is 27.8 Å². The molecule has 0 unspecified atom stereocenters. The first-order chi connectivity index (χ1) is 10.8. The lowest BCUT2D eigenvalue weighted by molar-refractivity contribution is 0.627. The molecule has 110 valence electrons. The van der Waals surface area contributed by atoms with Gasteiger partial charge in [-0.05, 0) is 36.2 Å². The third-order valence-electron chi connectivity index (χ3n) is 3.71. The highest BCUT2D eigenvalue weighted by Crippen LogP contribution is 2.43. The maximum absolute atomic E-state index is 12.9. The topological polar surface area (TPSA) is 50.7 Å². The second kappa shape index (κ2) is 5.46. The molecule has 1 aromatic carbocycles. The van der Waals surface area contributed by atoms with Crippen molar-refractivity contribution in [2.75, 3.05) is 5.32 Å². The molecule has 2 aromatic heterocycles. The normalized spacial score (nSPS) is 19.9. The van der Waals surface area contributed by atoms with Gasteiger partial charge in [0.05, 0.1) is 0 Å². The molecule has 2 atom stereocenters. The summed E-state index contributed by atoms with van der Waals surface area (Å²) in [7, 11) is 0. The monoisotopic (exact) mass is 312 g/mol. The van der Waals surface area contributed by atoms with E-state index in [1.165, 1.54) is 23.5 Å². The van der Waals surface area contributed by atoms with Crippen molar-refractivity contribution in [3.63, 3.8) is 0 Å². The zero-order chi connectivity index (χ0) is 14.9. The molecule has 4 rings (SSSR count). The van der Waals surface area contributed by atoms with Crippen LogP contribution in [0.15, 0.2) is 48.7 Å². The largest absolute Gasteiger partial charge is 0.357 e. The van der Waals surface area contributed by atoms with Gasteiger partial charge in [0, 0.05) is 18.2 Å². The molecular formula is C16H13FN4S. The maximum Gasteiger partial charge on any atom is 0.206 e. The zero-order valence-corrected chi connectivity index (χ0v) is 12.4. The molecule has 1 aliphatic rings. The quantitative estimate of drug-likeness (QED) is 0.798. The van der Waals surface area contributed by atoms with E-state index in [1.807, 2.05) is 30.3 Å². The van der Waals surface area contributed by atoms with E-state index >= 15 is 0 Å². The highest BCUT2D eigenvalue weighted by molar-refractivity contribution is 7.18. The minimum atomic E-state index is -0.196. The second-order valence-electron chi connectivity index (χ2n) is 5.27. The Morgan fingerprint density at radius 1 is 1.09 bits per heavy atom. The first-order valence-electron chi connectivity index (χ1n) is 7.06. The van der Waals surface area contributed by atoms with E-state index in [1.54, 1.807) is 6.20 Å². The van der Waals surface area contributed by atoms with Crippen molar-refractivity contribution < 1.29 is 4.39 Å². The van der Waals surface area contributed by atoms with Gasteiger partial charge in [0.15, 0.2) is 5.01 Å². The number of halogens is 1. The summed E-state index contributed by atoms with van der Waals surface area (Å²) in [5.74, 6) is 0.223. The first kappa shape index (κ1) is 13.3. The molecule has 0 amide bonds. The summed E-state index contributed by atoms with van der Waals surface area (Å²) in [5, 5.41) is 13.3. The van der Waals surface area contributed by atoms with Gasteiger partial charge in [-0.2, -0.15) is 0 Å². The third kappa shape index (κ3) is 2.69. The van der Waals surface area contributed by atoms with Crippen LogP contribution >= 0.6 is 11.3 Å². The van der Waals surface area contributed by atoms with Gasteiger partial charge in [-0.1, -0.05) is 29.5 Å². The lowest BCUT2D eigenvalue weighted by Gasteiger charge is -2.01. The van der Waals surface area contributed by atoms with Crippen molar-refractivity contribution >= 4 is 16.5 Å². The number of rotatable bonds is 4. The summed E-state index contributed by atoms with van der Waals surface area (Å²) in [6, 6.07) is 12.8. The summed E-state index contributed by atoms with van der Waals surface area (Å²) < 4.78 is 12.9. The van der Waals surface area contributed by atoms with Crippen LogP contribution in [0.3, 0.4) is 0 Å². The molecule has 2 heterocycles. The van der Waals surface area contributed by atoms with Crippen LogP contribution in [0.25, 0.3) is 10.7 Å². The van der Waals surface area contributed by atoms with Gasteiger partial charge in [0.1, 0.15) is 11.5 Å². The molecule has 22 heavy (non-hydrogen) atoms. The lowest BCUT2D eigenvalue weighted by atomic mass is 10.1. The third-order valence-corrected chi connectivity index (χ3v) is 4.58. The first-order valence-corrected chi connectivity index (χ1v) is 7.88. The van der Waals surface area contributed by atoms with Crippen molar-refractivity contribution in [3.05, 3.63) is 60.0 Å². The van der Waals surface area contributed by atoms with Crippen LogP contribution < -0.4 is 5.32 Å². The van der Waals surface area contributed by atoms with E-state index in [-0.39, 0.29) is 5.82 Å². The SMILES string of the molecule is Fc1ccc([C@@H]2C[C@H]2Nc2nnc(-c3ccccn3)s2)cc1. The molecule has 1 fully saturated rings. The molecule has 0 saturated heterocycles. The summed E-state index contributed by atoms with van der Waals surface area (Å²) in [4.78, 5) is 4.27. The standard InChI is InChI=1S/C16H13FN4S/c17-11-6-4-10(5-7-11)12-9-14(12)19-16-21-20-15(22-16)13-3-1-2-8-18-13/h1-8,12,14H,9H2,(H,19,21)/t12-,14+/m0/s1. The van der Waals surface area contributed by atoms with Gasteiger partial charge in [0.2, 0.25) is 5.13 Å². The van der Waals surface area contributed by atoms with Gasteiger partial charge in [-0.25, -0.2) is 4.39 Å². The average Bonchev–Trinajstić information content (AvgIpc) is 3.15. The summed E-state index contributed by atoms with van der Waals surface area (Å²) in [5.41, 5.74) is 1.99. The number of hydrogen-bond donors (Lipinski definition) is 1. The second-order valence-corrected chi connectivity index (χ2v) is 6.25. The number of nitrogens with zero attached hydrogens (tertiary/aromatic N) is 3. The Balaban J connectivity index is 1.43. The van der Waals surface area contributed by atoms with Crippen LogP contribution in [0, 0.1) is 5.82 Å². The smallest absolute Gasteiger partial charge is 0.206 e. The van der Waals surface area contributed by atoms with Gasteiger partial charge >= 0.3 is 0 Å². The van der Waals surface area contributed by atoms with Crippen LogP contribution in [0.5, 0.6) is 0 Å². The fraction of sp³-hybridized carbons (Fsp3) is 0.188. The number of hydrogen-bond acceptors (Lipinski definition) is 5. The van der Waals surface area contributed by atoms with Crippen LogP contribution in [0.1, 0.15) is 17.9 Å². The Morgan fingerprint density at radius 3 is 2.73 bits per heavy atom. The molecule has 0 aliphatic heterocycles. The Bertz CT molecular complexity index is 772. The molecular weight excluding hydrogens is 299 g/mol.